The molecule has 0 atom stereocenters. The van der Waals surface area contributed by atoms with E-state index in [2.05, 4.69) is 6.58 Å². The number of hydrogen-bond acceptors (Lipinski definition) is 2. The molecule has 0 amide bonds. The van der Waals surface area contributed by atoms with Crippen molar-refractivity contribution in [2.75, 3.05) is 11.5 Å². The number of nitrogens with two attached hydrogens (primary N) is 2. The molecule has 0 aliphatic carbocycles. The van der Waals surface area contributed by atoms with E-state index in [1.165, 1.54) is 0 Å². The summed E-state index contributed by atoms with van der Waals surface area (Å²) in [5, 5.41) is 0. The molecule has 4 N–H and O–H groups in total. The Balaban J connectivity index is 0.00000121. The summed E-state index contributed by atoms with van der Waals surface area (Å²) >= 11 is 0. The lowest BCUT2D eigenvalue weighted by molar-refractivity contribution is 1.28. The van der Waals surface area contributed by atoms with Crippen molar-refractivity contribution in [3.63, 3.8) is 0 Å². The Morgan fingerprint density at radius 2 is 2.00 bits per heavy atom. The molecule has 0 spiro atoms. The molecule has 0 saturated carbocycles. The van der Waals surface area contributed by atoms with E-state index in [0.29, 0.717) is 0 Å². The Morgan fingerprint density at radius 3 is 2.58 bits per heavy atom. The summed E-state index contributed by atoms with van der Waals surface area (Å²) in [7, 11) is 0. The predicted octanol–water partition coefficient (Wildman–Crippen LogP) is 2.00. The minimum atomic E-state index is 0. The summed E-state index contributed by atoms with van der Waals surface area (Å²) in [6.07, 6.45) is 2.59. The standard InChI is InChI=1S/C9H12N2.ClH/c1-2-3-7-6-8(10)4-5-9(7)11;/h2,4-6H,1,3,10-11H2;1H. The van der Waals surface area contributed by atoms with Gasteiger partial charge in [0.1, 0.15) is 0 Å². The van der Waals surface area contributed by atoms with E-state index < -0.39 is 0 Å². The van der Waals surface area contributed by atoms with Gasteiger partial charge in [0.25, 0.3) is 0 Å². The SMILES string of the molecule is C=CCc1cc(N)ccc1N.Cl. The number of nitrogen functional groups attached to an aromatic ring is 2. The molecule has 0 saturated heterocycles. The molecule has 2 nitrogen and oxygen atoms in total. The minimum absolute atomic E-state index is 0. The summed E-state index contributed by atoms with van der Waals surface area (Å²) in [6, 6.07) is 5.48. The topological polar surface area (TPSA) is 52.0 Å². The van der Waals surface area contributed by atoms with Gasteiger partial charge >= 0.3 is 0 Å². The lowest BCUT2D eigenvalue weighted by Crippen LogP contribution is -1.94. The van der Waals surface area contributed by atoms with Crippen LogP contribution in [0, 0.1) is 0 Å². The number of anilines is 2. The maximum Gasteiger partial charge on any atom is 0.0351 e. The maximum absolute atomic E-state index is 5.67. The van der Waals surface area contributed by atoms with Crippen molar-refractivity contribution in [2.24, 2.45) is 0 Å². The van der Waals surface area contributed by atoms with Crippen LogP contribution in [0.25, 0.3) is 0 Å². The van der Waals surface area contributed by atoms with Gasteiger partial charge in [0.05, 0.1) is 0 Å². The third-order valence-electron chi connectivity index (χ3n) is 1.53. The molecular formula is C9H13ClN2. The lowest BCUT2D eigenvalue weighted by atomic mass is 10.1. The Hall–Kier alpha value is -1.15. The minimum Gasteiger partial charge on any atom is -0.399 e. The summed E-state index contributed by atoms with van der Waals surface area (Å²) < 4.78 is 0. The normalized spacial score (nSPS) is 8.67. The second-order valence-corrected chi connectivity index (χ2v) is 2.45. The highest BCUT2D eigenvalue weighted by Crippen LogP contribution is 2.15. The summed E-state index contributed by atoms with van der Waals surface area (Å²) in [4.78, 5) is 0. The monoisotopic (exact) mass is 184 g/mol. The number of rotatable bonds is 2. The molecule has 0 aliphatic rings. The first-order valence-electron chi connectivity index (χ1n) is 3.49. The van der Waals surface area contributed by atoms with E-state index in [1.807, 2.05) is 18.2 Å². The molecule has 3 heteroatoms. The van der Waals surface area contributed by atoms with Crippen LogP contribution in [0.2, 0.25) is 0 Å². The average Bonchev–Trinajstić information content (AvgIpc) is 1.98. The van der Waals surface area contributed by atoms with Crippen LogP contribution in [0.5, 0.6) is 0 Å². The average molecular weight is 185 g/mol. The van der Waals surface area contributed by atoms with E-state index in [0.717, 1.165) is 23.4 Å². The van der Waals surface area contributed by atoms with Crippen molar-refractivity contribution in [3.8, 4) is 0 Å². The fourth-order valence-corrected chi connectivity index (χ4v) is 0.958. The van der Waals surface area contributed by atoms with E-state index in [4.69, 9.17) is 11.5 Å². The molecular weight excluding hydrogens is 172 g/mol. The van der Waals surface area contributed by atoms with Crippen LogP contribution in [0.1, 0.15) is 5.56 Å². The molecule has 1 rings (SSSR count). The Morgan fingerprint density at radius 1 is 1.33 bits per heavy atom. The highest BCUT2D eigenvalue weighted by atomic mass is 35.5. The summed E-state index contributed by atoms with van der Waals surface area (Å²) in [6.45, 7) is 3.63. The van der Waals surface area contributed by atoms with Crippen molar-refractivity contribution < 1.29 is 0 Å². The van der Waals surface area contributed by atoms with E-state index in [1.54, 1.807) is 6.07 Å². The molecule has 0 fully saturated rings. The van der Waals surface area contributed by atoms with Crippen LogP contribution in [0.15, 0.2) is 30.9 Å². The lowest BCUT2D eigenvalue weighted by Gasteiger charge is -2.02. The summed E-state index contributed by atoms with van der Waals surface area (Å²) in [5.74, 6) is 0. The fraction of sp³-hybridized carbons (Fsp3) is 0.111. The molecule has 1 aromatic carbocycles. The molecule has 66 valence electrons. The molecule has 0 bridgehead atoms. The quantitative estimate of drug-likeness (QED) is 0.546. The van der Waals surface area contributed by atoms with Gasteiger partial charge in [0.2, 0.25) is 0 Å². The Kier molecular flexibility index (Phi) is 4.22. The van der Waals surface area contributed by atoms with Gasteiger partial charge in [-0.3, -0.25) is 0 Å². The van der Waals surface area contributed by atoms with Crippen molar-refractivity contribution in [1.82, 2.24) is 0 Å². The number of allylic oxidation sites excluding steroid dienone is 1. The zero-order chi connectivity index (χ0) is 8.27. The van der Waals surface area contributed by atoms with Crippen LogP contribution in [-0.4, -0.2) is 0 Å². The second kappa shape index (κ2) is 4.67. The molecule has 0 radical (unpaired) electrons. The highest BCUT2D eigenvalue weighted by molar-refractivity contribution is 5.85. The number of benzene rings is 1. The van der Waals surface area contributed by atoms with E-state index in [9.17, 15) is 0 Å². The molecule has 0 unspecified atom stereocenters. The number of hydrogen-bond donors (Lipinski definition) is 2. The van der Waals surface area contributed by atoms with E-state index >= 15 is 0 Å². The molecule has 1 aromatic rings. The molecule has 0 heterocycles. The van der Waals surface area contributed by atoms with Crippen molar-refractivity contribution in [1.29, 1.82) is 0 Å². The predicted molar refractivity (Wildman–Crippen MR) is 56.4 cm³/mol. The molecule has 0 aliphatic heterocycles. The first-order valence-corrected chi connectivity index (χ1v) is 3.49. The third kappa shape index (κ3) is 2.47. The third-order valence-corrected chi connectivity index (χ3v) is 1.53. The first kappa shape index (κ1) is 10.8. The Labute approximate surface area is 78.7 Å². The Bertz CT molecular complexity index is 271. The van der Waals surface area contributed by atoms with Gasteiger partial charge < -0.3 is 11.5 Å². The smallest absolute Gasteiger partial charge is 0.0351 e. The fourth-order valence-electron chi connectivity index (χ4n) is 0.958. The van der Waals surface area contributed by atoms with Crippen LogP contribution >= 0.6 is 12.4 Å². The van der Waals surface area contributed by atoms with Crippen molar-refractivity contribution >= 4 is 23.8 Å². The van der Waals surface area contributed by atoms with Gasteiger partial charge in [-0.1, -0.05) is 6.08 Å². The summed E-state index contributed by atoms with van der Waals surface area (Å²) in [5.41, 5.74) is 13.8. The largest absolute Gasteiger partial charge is 0.399 e. The van der Waals surface area contributed by atoms with Crippen LogP contribution in [0.3, 0.4) is 0 Å². The van der Waals surface area contributed by atoms with Crippen LogP contribution in [0.4, 0.5) is 11.4 Å². The molecule has 0 aromatic heterocycles. The van der Waals surface area contributed by atoms with Crippen molar-refractivity contribution in [2.45, 2.75) is 6.42 Å². The zero-order valence-electron chi connectivity index (χ0n) is 6.79. The van der Waals surface area contributed by atoms with Gasteiger partial charge in [-0.25, -0.2) is 0 Å². The zero-order valence-corrected chi connectivity index (χ0v) is 7.60. The second-order valence-electron chi connectivity index (χ2n) is 2.45. The van der Waals surface area contributed by atoms with Crippen LogP contribution < -0.4 is 11.5 Å². The van der Waals surface area contributed by atoms with Gasteiger partial charge in [-0.05, 0) is 30.2 Å². The van der Waals surface area contributed by atoms with Gasteiger partial charge in [-0.2, -0.15) is 0 Å². The molecule has 12 heavy (non-hydrogen) atoms. The van der Waals surface area contributed by atoms with Gasteiger partial charge in [0, 0.05) is 11.4 Å². The van der Waals surface area contributed by atoms with E-state index in [-0.39, 0.29) is 12.4 Å². The first-order chi connectivity index (χ1) is 5.24. The maximum atomic E-state index is 5.67. The highest BCUT2D eigenvalue weighted by Gasteiger charge is 1.95. The van der Waals surface area contributed by atoms with Gasteiger partial charge in [0.15, 0.2) is 0 Å². The van der Waals surface area contributed by atoms with Crippen molar-refractivity contribution in [3.05, 3.63) is 36.4 Å². The van der Waals surface area contributed by atoms with Crippen LogP contribution in [-0.2, 0) is 6.42 Å². The van der Waals surface area contributed by atoms with Gasteiger partial charge in [-0.15, -0.1) is 19.0 Å². The number of halogens is 1.